The molecule has 102 valence electrons. The molecule has 1 amide bonds. The third kappa shape index (κ3) is 3.53. The lowest BCUT2D eigenvalue weighted by atomic mass is 10.0. The molecule has 0 bridgehead atoms. The van der Waals surface area contributed by atoms with Gasteiger partial charge in [-0.2, -0.15) is 0 Å². The first-order valence-electron chi connectivity index (χ1n) is 6.58. The third-order valence-electron chi connectivity index (χ3n) is 3.30. The van der Waals surface area contributed by atoms with Gasteiger partial charge in [0.05, 0.1) is 0 Å². The molecule has 0 spiro atoms. The van der Waals surface area contributed by atoms with Gasteiger partial charge in [0.25, 0.3) is 0 Å². The van der Waals surface area contributed by atoms with Crippen molar-refractivity contribution in [3.05, 3.63) is 30.2 Å². The zero-order valence-corrected chi connectivity index (χ0v) is 11.5. The van der Waals surface area contributed by atoms with E-state index < -0.39 is 0 Å². The Balaban J connectivity index is 1.96. The molecular weight excluding hydrogens is 240 g/mol. The summed E-state index contributed by atoms with van der Waals surface area (Å²) in [6.07, 6.45) is 3.19. The number of nitrogens with one attached hydrogen (secondary N) is 1. The number of hydrogen-bond acceptors (Lipinski definition) is 4. The number of hydrogen-bond donors (Lipinski definition) is 1. The third-order valence-corrected chi connectivity index (χ3v) is 3.30. The molecule has 0 aromatic carbocycles. The van der Waals surface area contributed by atoms with Crippen LogP contribution in [0.25, 0.3) is 0 Å². The normalized spacial score (nSPS) is 16.2. The summed E-state index contributed by atoms with van der Waals surface area (Å²) in [5.41, 5.74) is 0.990. The van der Waals surface area contributed by atoms with Crippen molar-refractivity contribution in [2.24, 2.45) is 0 Å². The average Bonchev–Trinajstić information content (AvgIpc) is 2.38. The van der Waals surface area contributed by atoms with E-state index >= 15 is 0 Å². The summed E-state index contributed by atoms with van der Waals surface area (Å²) in [5, 5.41) is 2.95. The molecule has 1 aromatic rings. The van der Waals surface area contributed by atoms with Crippen molar-refractivity contribution in [2.75, 3.05) is 18.0 Å². The number of piperidine rings is 1. The van der Waals surface area contributed by atoms with Crippen LogP contribution in [0.15, 0.2) is 18.7 Å². The quantitative estimate of drug-likeness (QED) is 0.834. The second-order valence-corrected chi connectivity index (χ2v) is 4.89. The molecule has 0 saturated carbocycles. The van der Waals surface area contributed by atoms with Gasteiger partial charge in [0.1, 0.15) is 11.6 Å². The van der Waals surface area contributed by atoms with E-state index in [2.05, 4.69) is 26.8 Å². The molecular formula is C14H20N4O. The maximum atomic E-state index is 11.3. The molecule has 2 heterocycles. The van der Waals surface area contributed by atoms with E-state index in [1.54, 1.807) is 0 Å². The van der Waals surface area contributed by atoms with E-state index in [9.17, 15) is 4.79 Å². The molecule has 1 aliphatic rings. The van der Waals surface area contributed by atoms with Crippen LogP contribution in [0.5, 0.6) is 0 Å². The number of nitrogens with zero attached hydrogens (tertiary/aromatic N) is 3. The van der Waals surface area contributed by atoms with Crippen LogP contribution in [0, 0.1) is 13.8 Å². The van der Waals surface area contributed by atoms with Gasteiger partial charge in [-0.1, -0.05) is 6.58 Å². The molecule has 19 heavy (non-hydrogen) atoms. The lowest BCUT2D eigenvalue weighted by molar-refractivity contribution is -0.117. The Morgan fingerprint density at radius 3 is 2.68 bits per heavy atom. The van der Waals surface area contributed by atoms with Crippen molar-refractivity contribution in [3.8, 4) is 0 Å². The van der Waals surface area contributed by atoms with Crippen molar-refractivity contribution in [1.82, 2.24) is 15.3 Å². The Hall–Kier alpha value is -1.91. The maximum absolute atomic E-state index is 11.3. The summed E-state index contributed by atoms with van der Waals surface area (Å²) < 4.78 is 0. The molecule has 5 nitrogen and oxygen atoms in total. The number of carbonyl (C=O) groups is 1. The fraction of sp³-hybridized carbons (Fsp3) is 0.500. The number of anilines is 1. The first-order chi connectivity index (χ1) is 9.08. The fourth-order valence-electron chi connectivity index (χ4n) is 2.37. The van der Waals surface area contributed by atoms with Crippen LogP contribution in [0.4, 0.5) is 5.82 Å². The highest BCUT2D eigenvalue weighted by atomic mass is 16.1. The van der Waals surface area contributed by atoms with Crippen molar-refractivity contribution in [3.63, 3.8) is 0 Å². The van der Waals surface area contributed by atoms with E-state index in [-0.39, 0.29) is 11.9 Å². The van der Waals surface area contributed by atoms with Gasteiger partial charge >= 0.3 is 0 Å². The molecule has 0 aliphatic carbocycles. The average molecular weight is 260 g/mol. The standard InChI is InChI=1S/C14H20N4O/c1-4-14(19)17-12-5-7-18(8-6-12)13-9-10(2)15-11(3)16-13/h4,9,12H,1,5-8H2,2-3H3,(H,17,19). The number of rotatable bonds is 3. The number of carbonyl (C=O) groups excluding carboxylic acids is 1. The monoisotopic (exact) mass is 260 g/mol. The van der Waals surface area contributed by atoms with Crippen molar-refractivity contribution in [2.45, 2.75) is 32.7 Å². The van der Waals surface area contributed by atoms with Crippen LogP contribution >= 0.6 is 0 Å². The molecule has 1 N–H and O–H groups in total. The molecule has 0 radical (unpaired) electrons. The van der Waals surface area contributed by atoms with E-state index in [1.165, 1.54) is 6.08 Å². The smallest absolute Gasteiger partial charge is 0.243 e. The minimum absolute atomic E-state index is 0.0906. The van der Waals surface area contributed by atoms with Crippen molar-refractivity contribution in [1.29, 1.82) is 0 Å². The summed E-state index contributed by atoms with van der Waals surface area (Å²) in [6.45, 7) is 9.16. The SMILES string of the molecule is C=CC(=O)NC1CCN(c2cc(C)nc(C)n2)CC1. The molecule has 1 aromatic heterocycles. The van der Waals surface area contributed by atoms with Crippen LogP contribution in [-0.4, -0.2) is 35.0 Å². The van der Waals surface area contributed by atoms with Gasteiger partial charge in [-0.05, 0) is 32.8 Å². The lowest BCUT2D eigenvalue weighted by Crippen LogP contribution is -2.44. The Labute approximate surface area is 113 Å². The van der Waals surface area contributed by atoms with E-state index in [0.29, 0.717) is 0 Å². The molecule has 1 saturated heterocycles. The molecule has 1 aliphatic heterocycles. The van der Waals surface area contributed by atoms with Crippen LogP contribution in [-0.2, 0) is 4.79 Å². The van der Waals surface area contributed by atoms with Crippen LogP contribution in [0.1, 0.15) is 24.4 Å². The van der Waals surface area contributed by atoms with Gasteiger partial charge in [-0.3, -0.25) is 4.79 Å². The largest absolute Gasteiger partial charge is 0.356 e. The van der Waals surface area contributed by atoms with Gasteiger partial charge in [0.15, 0.2) is 0 Å². The first-order valence-corrected chi connectivity index (χ1v) is 6.58. The summed E-state index contributed by atoms with van der Waals surface area (Å²) in [5.74, 6) is 1.70. The molecule has 5 heteroatoms. The highest BCUT2D eigenvalue weighted by Crippen LogP contribution is 2.18. The van der Waals surface area contributed by atoms with Gasteiger partial charge in [-0.15, -0.1) is 0 Å². The van der Waals surface area contributed by atoms with Crippen LogP contribution in [0.2, 0.25) is 0 Å². The minimum Gasteiger partial charge on any atom is -0.356 e. The molecule has 0 unspecified atom stereocenters. The second-order valence-electron chi connectivity index (χ2n) is 4.89. The van der Waals surface area contributed by atoms with Crippen LogP contribution in [0.3, 0.4) is 0 Å². The fourth-order valence-corrected chi connectivity index (χ4v) is 2.37. The topological polar surface area (TPSA) is 58.1 Å². The summed E-state index contributed by atoms with van der Waals surface area (Å²) >= 11 is 0. The van der Waals surface area contributed by atoms with Crippen LogP contribution < -0.4 is 10.2 Å². The molecule has 1 fully saturated rings. The Bertz CT molecular complexity index is 458. The van der Waals surface area contributed by atoms with E-state index in [1.807, 2.05) is 19.9 Å². The predicted octanol–water partition coefficient (Wildman–Crippen LogP) is 1.36. The number of amides is 1. The first kappa shape index (κ1) is 13.5. The Morgan fingerprint density at radius 1 is 1.42 bits per heavy atom. The highest BCUT2D eigenvalue weighted by Gasteiger charge is 2.21. The number of aromatic nitrogens is 2. The van der Waals surface area contributed by atoms with Gasteiger partial charge in [0, 0.05) is 30.9 Å². The van der Waals surface area contributed by atoms with E-state index in [0.717, 1.165) is 43.3 Å². The van der Waals surface area contributed by atoms with Crippen molar-refractivity contribution >= 4 is 11.7 Å². The predicted molar refractivity (Wildman–Crippen MR) is 75.1 cm³/mol. The summed E-state index contributed by atoms with van der Waals surface area (Å²) in [6, 6.07) is 2.25. The second kappa shape index (κ2) is 5.82. The highest BCUT2D eigenvalue weighted by molar-refractivity contribution is 5.87. The summed E-state index contributed by atoms with van der Waals surface area (Å²) in [4.78, 5) is 22.3. The van der Waals surface area contributed by atoms with Crippen molar-refractivity contribution < 1.29 is 4.79 Å². The van der Waals surface area contributed by atoms with Gasteiger partial charge in [-0.25, -0.2) is 9.97 Å². The minimum atomic E-state index is -0.0906. The van der Waals surface area contributed by atoms with Gasteiger partial charge < -0.3 is 10.2 Å². The summed E-state index contributed by atoms with van der Waals surface area (Å²) in [7, 11) is 0. The number of aryl methyl sites for hydroxylation is 2. The molecule has 0 atom stereocenters. The van der Waals surface area contributed by atoms with E-state index in [4.69, 9.17) is 0 Å². The Morgan fingerprint density at radius 2 is 2.11 bits per heavy atom. The van der Waals surface area contributed by atoms with Gasteiger partial charge in [0.2, 0.25) is 5.91 Å². The Kier molecular flexibility index (Phi) is 4.14. The lowest BCUT2D eigenvalue weighted by Gasteiger charge is -2.33. The zero-order valence-electron chi connectivity index (χ0n) is 11.5. The zero-order chi connectivity index (χ0) is 13.8. The maximum Gasteiger partial charge on any atom is 0.243 e. The molecule has 2 rings (SSSR count).